The SMILES string of the molecule is CC(C)(C)OC(=O)NC1CCC(O)CC1.CCOC1CCC(NC(=O)OC(C)(C)C)CC1. The number of amides is 2. The van der Waals surface area contributed by atoms with Crippen molar-refractivity contribution in [1.29, 1.82) is 0 Å². The van der Waals surface area contributed by atoms with E-state index < -0.39 is 11.2 Å². The Morgan fingerprint density at radius 1 is 0.750 bits per heavy atom. The van der Waals surface area contributed by atoms with Gasteiger partial charge in [-0.2, -0.15) is 0 Å². The van der Waals surface area contributed by atoms with Crippen LogP contribution in [0.3, 0.4) is 0 Å². The third kappa shape index (κ3) is 13.8. The van der Waals surface area contributed by atoms with Gasteiger partial charge in [-0.25, -0.2) is 9.59 Å². The normalized spacial score (nSPS) is 26.2. The molecule has 2 amide bonds. The van der Waals surface area contributed by atoms with Crippen molar-refractivity contribution in [2.75, 3.05) is 6.61 Å². The van der Waals surface area contributed by atoms with Gasteiger partial charge >= 0.3 is 12.2 Å². The first-order chi connectivity index (χ1) is 14.8. The van der Waals surface area contributed by atoms with Crippen LogP contribution in [-0.4, -0.2) is 59.4 Å². The lowest BCUT2D eigenvalue weighted by Gasteiger charge is -2.29. The van der Waals surface area contributed by atoms with Crippen LogP contribution in [0.2, 0.25) is 0 Å². The number of alkyl carbamates (subject to hydrolysis) is 2. The van der Waals surface area contributed by atoms with Crippen LogP contribution < -0.4 is 10.6 Å². The second-order valence-corrected chi connectivity index (χ2v) is 10.7. The predicted molar refractivity (Wildman–Crippen MR) is 125 cm³/mol. The molecule has 0 aromatic carbocycles. The Morgan fingerprint density at radius 2 is 1.12 bits per heavy atom. The molecule has 2 rings (SSSR count). The first kappa shape index (κ1) is 28.5. The molecule has 0 spiro atoms. The van der Waals surface area contributed by atoms with E-state index in [0.717, 1.165) is 58.0 Å². The zero-order valence-corrected chi connectivity index (χ0v) is 21.2. The molecule has 0 aliphatic heterocycles. The van der Waals surface area contributed by atoms with E-state index in [-0.39, 0.29) is 30.4 Å². The molecule has 8 heteroatoms. The van der Waals surface area contributed by atoms with Crippen molar-refractivity contribution >= 4 is 12.2 Å². The first-order valence-corrected chi connectivity index (χ1v) is 12.1. The second-order valence-electron chi connectivity index (χ2n) is 10.7. The summed E-state index contributed by atoms with van der Waals surface area (Å²) in [6.07, 6.45) is 6.71. The minimum absolute atomic E-state index is 0.156. The van der Waals surface area contributed by atoms with Crippen LogP contribution in [0.5, 0.6) is 0 Å². The molecule has 0 aromatic rings. The Labute approximate surface area is 194 Å². The number of aliphatic hydroxyl groups excluding tert-OH is 1. The number of ether oxygens (including phenoxy) is 3. The molecule has 0 heterocycles. The number of nitrogens with one attached hydrogen (secondary N) is 2. The molecule has 188 valence electrons. The summed E-state index contributed by atoms with van der Waals surface area (Å²) in [6, 6.07) is 0.393. The molecule has 0 bridgehead atoms. The lowest BCUT2D eigenvalue weighted by molar-refractivity contribution is 0.0240. The fourth-order valence-corrected chi connectivity index (χ4v) is 3.78. The van der Waals surface area contributed by atoms with Crippen LogP contribution in [0, 0.1) is 0 Å². The van der Waals surface area contributed by atoms with Crippen LogP contribution in [0.4, 0.5) is 9.59 Å². The molecular weight excluding hydrogens is 412 g/mol. The largest absolute Gasteiger partial charge is 0.444 e. The third-order valence-electron chi connectivity index (χ3n) is 5.21. The number of hydrogen-bond donors (Lipinski definition) is 3. The van der Waals surface area contributed by atoms with Crippen LogP contribution in [0.15, 0.2) is 0 Å². The number of carbonyl (C=O) groups is 2. The quantitative estimate of drug-likeness (QED) is 0.565. The summed E-state index contributed by atoms with van der Waals surface area (Å²) in [5, 5.41) is 15.0. The highest BCUT2D eigenvalue weighted by atomic mass is 16.6. The van der Waals surface area contributed by atoms with E-state index >= 15 is 0 Å². The molecule has 0 unspecified atom stereocenters. The van der Waals surface area contributed by atoms with Gasteiger partial charge in [-0.05, 0) is 99.8 Å². The van der Waals surface area contributed by atoms with Crippen LogP contribution in [0.25, 0.3) is 0 Å². The van der Waals surface area contributed by atoms with Crippen molar-refractivity contribution in [2.45, 2.75) is 135 Å². The topological polar surface area (TPSA) is 106 Å². The number of aliphatic hydroxyl groups is 1. The molecule has 32 heavy (non-hydrogen) atoms. The van der Waals surface area contributed by atoms with Crippen LogP contribution >= 0.6 is 0 Å². The second kappa shape index (κ2) is 13.2. The van der Waals surface area contributed by atoms with Crippen molar-refractivity contribution in [1.82, 2.24) is 10.6 Å². The zero-order valence-electron chi connectivity index (χ0n) is 21.2. The van der Waals surface area contributed by atoms with Gasteiger partial charge < -0.3 is 30.0 Å². The highest BCUT2D eigenvalue weighted by molar-refractivity contribution is 5.68. The highest BCUT2D eigenvalue weighted by Crippen LogP contribution is 2.22. The van der Waals surface area contributed by atoms with Crippen molar-refractivity contribution in [3.05, 3.63) is 0 Å². The standard InChI is InChI=1S/C13H25NO3.C11H21NO3/c1-5-16-11-8-6-10(7-9-11)14-12(15)17-13(2,3)4;1-11(2,3)15-10(14)12-8-4-6-9(13)7-5-8/h10-11H,5-9H2,1-4H3,(H,14,15);8-9,13H,4-7H2,1-3H3,(H,12,14). The number of carbonyl (C=O) groups excluding carboxylic acids is 2. The van der Waals surface area contributed by atoms with Gasteiger partial charge in [-0.1, -0.05) is 0 Å². The maximum absolute atomic E-state index is 11.6. The Hall–Kier alpha value is -1.54. The summed E-state index contributed by atoms with van der Waals surface area (Å²) >= 11 is 0. The average Bonchev–Trinajstić information content (AvgIpc) is 2.63. The van der Waals surface area contributed by atoms with Crippen LogP contribution in [-0.2, 0) is 14.2 Å². The van der Waals surface area contributed by atoms with Crippen molar-refractivity contribution in [3.63, 3.8) is 0 Å². The molecule has 2 fully saturated rings. The predicted octanol–water partition coefficient (Wildman–Crippen LogP) is 4.67. The van der Waals surface area contributed by atoms with Gasteiger partial charge in [0.05, 0.1) is 12.2 Å². The highest BCUT2D eigenvalue weighted by Gasteiger charge is 2.25. The van der Waals surface area contributed by atoms with E-state index in [2.05, 4.69) is 10.6 Å². The Bertz CT molecular complexity index is 554. The van der Waals surface area contributed by atoms with Gasteiger partial charge in [-0.15, -0.1) is 0 Å². The minimum Gasteiger partial charge on any atom is -0.444 e. The van der Waals surface area contributed by atoms with Crippen molar-refractivity contribution in [3.8, 4) is 0 Å². The summed E-state index contributed by atoms with van der Waals surface area (Å²) < 4.78 is 16.0. The molecule has 0 aromatic heterocycles. The van der Waals surface area contributed by atoms with Gasteiger partial charge in [0.15, 0.2) is 0 Å². The monoisotopic (exact) mass is 458 g/mol. The summed E-state index contributed by atoms with van der Waals surface area (Å²) in [5.41, 5.74) is -0.870. The van der Waals surface area contributed by atoms with E-state index in [1.807, 2.05) is 48.5 Å². The van der Waals surface area contributed by atoms with E-state index in [1.165, 1.54) is 0 Å². The van der Waals surface area contributed by atoms with Crippen molar-refractivity contribution in [2.24, 2.45) is 0 Å². The van der Waals surface area contributed by atoms with Gasteiger partial charge in [0, 0.05) is 18.7 Å². The van der Waals surface area contributed by atoms with Gasteiger partial charge in [-0.3, -0.25) is 0 Å². The Kier molecular flexibility index (Phi) is 11.8. The maximum atomic E-state index is 11.6. The van der Waals surface area contributed by atoms with E-state index in [4.69, 9.17) is 14.2 Å². The first-order valence-electron chi connectivity index (χ1n) is 12.1. The minimum atomic E-state index is -0.446. The third-order valence-corrected chi connectivity index (χ3v) is 5.21. The molecule has 8 nitrogen and oxygen atoms in total. The molecule has 0 radical (unpaired) electrons. The van der Waals surface area contributed by atoms with E-state index in [0.29, 0.717) is 6.10 Å². The smallest absolute Gasteiger partial charge is 0.407 e. The molecule has 2 aliphatic rings. The molecule has 0 saturated heterocycles. The van der Waals surface area contributed by atoms with Gasteiger partial charge in [0.1, 0.15) is 11.2 Å². The summed E-state index contributed by atoms with van der Waals surface area (Å²) in [7, 11) is 0. The summed E-state index contributed by atoms with van der Waals surface area (Å²) in [6.45, 7) is 13.9. The van der Waals surface area contributed by atoms with Gasteiger partial charge in [0.25, 0.3) is 0 Å². The fraction of sp³-hybridized carbons (Fsp3) is 0.917. The van der Waals surface area contributed by atoms with E-state index in [1.54, 1.807) is 0 Å². The zero-order chi connectivity index (χ0) is 24.4. The Balaban J connectivity index is 0.000000323. The number of hydrogen-bond acceptors (Lipinski definition) is 6. The fourth-order valence-electron chi connectivity index (χ4n) is 3.78. The molecule has 2 saturated carbocycles. The maximum Gasteiger partial charge on any atom is 0.407 e. The summed E-state index contributed by atoms with van der Waals surface area (Å²) in [5.74, 6) is 0. The Morgan fingerprint density at radius 3 is 1.47 bits per heavy atom. The molecular formula is C24H46N2O6. The van der Waals surface area contributed by atoms with Crippen molar-refractivity contribution < 1.29 is 28.9 Å². The van der Waals surface area contributed by atoms with Crippen LogP contribution in [0.1, 0.15) is 99.8 Å². The molecule has 0 atom stereocenters. The van der Waals surface area contributed by atoms with Gasteiger partial charge in [0.2, 0.25) is 0 Å². The van der Waals surface area contributed by atoms with E-state index in [9.17, 15) is 14.7 Å². The lowest BCUT2D eigenvalue weighted by Crippen LogP contribution is -2.41. The lowest BCUT2D eigenvalue weighted by atomic mass is 9.93. The molecule has 2 aliphatic carbocycles. The molecule has 3 N–H and O–H groups in total. The summed E-state index contributed by atoms with van der Waals surface area (Å²) in [4.78, 5) is 23.0. The number of rotatable bonds is 4. The average molecular weight is 459 g/mol.